The molecular formula is C14H21NO5. The number of quaternary nitrogens is 1. The Morgan fingerprint density at radius 3 is 2.10 bits per heavy atom. The third-order valence-corrected chi connectivity index (χ3v) is 2.99. The van der Waals surface area contributed by atoms with Gasteiger partial charge in [0.15, 0.2) is 11.5 Å². The van der Waals surface area contributed by atoms with E-state index in [0.717, 1.165) is 10.5 Å². The van der Waals surface area contributed by atoms with Crippen molar-refractivity contribution in [2.75, 3.05) is 34.9 Å². The predicted molar refractivity (Wildman–Crippen MR) is 71.2 cm³/mol. The Morgan fingerprint density at radius 2 is 1.70 bits per heavy atom. The second-order valence-electron chi connectivity index (χ2n) is 4.54. The van der Waals surface area contributed by atoms with Gasteiger partial charge in [-0.3, -0.25) is 0 Å². The van der Waals surface area contributed by atoms with Crippen molar-refractivity contribution in [1.82, 2.24) is 0 Å². The van der Waals surface area contributed by atoms with Crippen LogP contribution in [-0.2, 0) is 11.3 Å². The maximum atomic E-state index is 10.5. The highest BCUT2D eigenvalue weighted by atomic mass is 16.5. The number of nitrogens with one attached hydrogen (secondary N) is 1. The van der Waals surface area contributed by atoms with Gasteiger partial charge in [0.1, 0.15) is 6.54 Å². The summed E-state index contributed by atoms with van der Waals surface area (Å²) in [6.07, 6.45) is 0.0380. The Bertz CT molecular complexity index is 436. The van der Waals surface area contributed by atoms with Gasteiger partial charge in [-0.25, -0.2) is 0 Å². The molecule has 112 valence electrons. The smallest absolute Gasteiger partial charge is 0.203 e. The number of carbonyl (C=O) groups excluding carboxylic acids is 1. The van der Waals surface area contributed by atoms with Crippen molar-refractivity contribution in [3.63, 3.8) is 0 Å². The second kappa shape index (κ2) is 7.59. The van der Waals surface area contributed by atoms with Gasteiger partial charge < -0.3 is 29.0 Å². The van der Waals surface area contributed by atoms with Gasteiger partial charge in [0.25, 0.3) is 0 Å². The number of methoxy groups -OCH3 is 3. The normalized spacial score (nSPS) is 11.8. The lowest BCUT2D eigenvalue weighted by molar-refractivity contribution is -0.893. The van der Waals surface area contributed by atoms with Crippen LogP contribution in [0, 0.1) is 0 Å². The zero-order valence-corrected chi connectivity index (χ0v) is 12.3. The van der Waals surface area contributed by atoms with Gasteiger partial charge >= 0.3 is 0 Å². The number of carboxylic acid groups (broad SMARTS) is 1. The van der Waals surface area contributed by atoms with E-state index in [1.165, 1.54) is 0 Å². The molecule has 1 rings (SSSR count). The number of benzene rings is 1. The van der Waals surface area contributed by atoms with Crippen LogP contribution < -0.4 is 24.2 Å². The van der Waals surface area contributed by atoms with Gasteiger partial charge in [0.2, 0.25) is 5.75 Å². The Hall–Kier alpha value is -1.95. The highest BCUT2D eigenvalue weighted by Gasteiger charge is 2.15. The van der Waals surface area contributed by atoms with Crippen molar-refractivity contribution in [3.8, 4) is 17.2 Å². The molecule has 0 aliphatic rings. The van der Waals surface area contributed by atoms with Crippen LogP contribution in [0.15, 0.2) is 12.1 Å². The lowest BCUT2D eigenvalue weighted by atomic mass is 10.1. The Balaban J connectivity index is 2.87. The Morgan fingerprint density at radius 1 is 1.15 bits per heavy atom. The molecule has 0 amide bonds. The number of hydrogen-bond acceptors (Lipinski definition) is 5. The molecule has 6 heteroatoms. The largest absolute Gasteiger partial charge is 0.550 e. The molecule has 0 saturated heterocycles. The maximum Gasteiger partial charge on any atom is 0.203 e. The second-order valence-corrected chi connectivity index (χ2v) is 4.54. The van der Waals surface area contributed by atoms with E-state index in [1.54, 1.807) is 21.3 Å². The van der Waals surface area contributed by atoms with Crippen molar-refractivity contribution in [3.05, 3.63) is 17.7 Å². The quantitative estimate of drug-likeness (QED) is 0.653. The van der Waals surface area contributed by atoms with Crippen LogP contribution >= 0.6 is 0 Å². The molecule has 0 bridgehead atoms. The van der Waals surface area contributed by atoms with Crippen LogP contribution in [0.25, 0.3) is 0 Å². The lowest BCUT2D eigenvalue weighted by Crippen LogP contribution is -3.07. The summed E-state index contributed by atoms with van der Waals surface area (Å²) in [5, 5.41) is 10.5. The van der Waals surface area contributed by atoms with E-state index in [-0.39, 0.29) is 6.42 Å². The van der Waals surface area contributed by atoms with E-state index in [4.69, 9.17) is 14.2 Å². The van der Waals surface area contributed by atoms with Gasteiger partial charge in [0, 0.05) is 18.0 Å². The summed E-state index contributed by atoms with van der Waals surface area (Å²) < 4.78 is 15.8. The monoisotopic (exact) mass is 283 g/mol. The summed E-state index contributed by atoms with van der Waals surface area (Å²) >= 11 is 0. The van der Waals surface area contributed by atoms with Gasteiger partial charge in [-0.2, -0.15) is 0 Å². The molecular weight excluding hydrogens is 262 g/mol. The van der Waals surface area contributed by atoms with Crippen molar-refractivity contribution in [2.24, 2.45) is 0 Å². The zero-order valence-electron chi connectivity index (χ0n) is 12.3. The summed E-state index contributed by atoms with van der Waals surface area (Å²) in [4.78, 5) is 11.5. The molecule has 0 aliphatic carbocycles. The fraction of sp³-hybridized carbons (Fsp3) is 0.500. The standard InChI is InChI=1S/C14H21NO5/c1-15(6-5-13(16)17)9-10-7-11(18-2)14(20-4)12(8-10)19-3/h7-8H,5-6,9H2,1-4H3,(H,16,17). The molecule has 1 atom stereocenters. The van der Waals surface area contributed by atoms with Gasteiger partial charge in [-0.05, 0) is 12.1 Å². The first-order valence-corrected chi connectivity index (χ1v) is 6.31. The van der Waals surface area contributed by atoms with Crippen LogP contribution in [0.3, 0.4) is 0 Å². The first-order valence-electron chi connectivity index (χ1n) is 6.31. The minimum atomic E-state index is -1.03. The molecule has 0 aromatic heterocycles. The van der Waals surface area contributed by atoms with E-state index in [2.05, 4.69) is 0 Å². The fourth-order valence-corrected chi connectivity index (χ4v) is 1.99. The number of hydrogen-bond donors (Lipinski definition) is 1. The Labute approximate surface area is 118 Å². The van der Waals surface area contributed by atoms with Gasteiger partial charge in [0.05, 0.1) is 34.9 Å². The van der Waals surface area contributed by atoms with Crippen LogP contribution in [0.5, 0.6) is 17.2 Å². The average Bonchev–Trinajstić information content (AvgIpc) is 2.43. The fourth-order valence-electron chi connectivity index (χ4n) is 1.99. The van der Waals surface area contributed by atoms with Crippen LogP contribution in [0.1, 0.15) is 12.0 Å². The average molecular weight is 283 g/mol. The third kappa shape index (κ3) is 4.31. The molecule has 20 heavy (non-hydrogen) atoms. The van der Waals surface area contributed by atoms with Gasteiger partial charge in [-0.1, -0.05) is 0 Å². The molecule has 0 spiro atoms. The summed E-state index contributed by atoms with van der Waals surface area (Å²) in [5.41, 5.74) is 0.982. The van der Waals surface area contributed by atoms with Gasteiger partial charge in [-0.15, -0.1) is 0 Å². The topological polar surface area (TPSA) is 72.3 Å². The minimum Gasteiger partial charge on any atom is -0.550 e. The maximum absolute atomic E-state index is 10.5. The first-order chi connectivity index (χ1) is 9.51. The SMILES string of the molecule is COc1cc(C[NH+](C)CCC(=O)[O-])cc(OC)c1OC. The minimum absolute atomic E-state index is 0.0380. The van der Waals surface area contributed by atoms with Crippen molar-refractivity contribution in [1.29, 1.82) is 0 Å². The molecule has 1 N–H and O–H groups in total. The molecule has 6 nitrogen and oxygen atoms in total. The Kier molecular flexibility index (Phi) is 6.11. The van der Waals surface area contributed by atoms with E-state index < -0.39 is 5.97 Å². The van der Waals surface area contributed by atoms with Crippen molar-refractivity contribution in [2.45, 2.75) is 13.0 Å². The third-order valence-electron chi connectivity index (χ3n) is 2.99. The van der Waals surface area contributed by atoms with Crippen LogP contribution in [0.2, 0.25) is 0 Å². The first kappa shape index (κ1) is 16.1. The molecule has 0 fully saturated rings. The van der Waals surface area contributed by atoms with Crippen LogP contribution in [-0.4, -0.2) is 40.9 Å². The highest BCUT2D eigenvalue weighted by molar-refractivity contribution is 5.64. The molecule has 0 heterocycles. The number of carboxylic acids is 1. The van der Waals surface area contributed by atoms with Crippen molar-refractivity contribution >= 4 is 5.97 Å². The van der Waals surface area contributed by atoms with E-state index in [1.807, 2.05) is 19.2 Å². The van der Waals surface area contributed by atoms with E-state index in [0.29, 0.717) is 30.3 Å². The predicted octanol–water partition coefficient (Wildman–Crippen LogP) is -1.13. The number of carbonyl (C=O) groups is 1. The number of rotatable bonds is 8. The van der Waals surface area contributed by atoms with Crippen molar-refractivity contribution < 1.29 is 29.0 Å². The van der Waals surface area contributed by atoms with E-state index in [9.17, 15) is 9.90 Å². The lowest BCUT2D eigenvalue weighted by Gasteiger charge is -2.17. The molecule has 0 aliphatic heterocycles. The molecule has 0 saturated carbocycles. The highest BCUT2D eigenvalue weighted by Crippen LogP contribution is 2.37. The molecule has 1 aromatic rings. The van der Waals surface area contributed by atoms with E-state index >= 15 is 0 Å². The van der Waals surface area contributed by atoms with Crippen LogP contribution in [0.4, 0.5) is 0 Å². The molecule has 1 aromatic carbocycles. The molecule has 0 radical (unpaired) electrons. The zero-order chi connectivity index (χ0) is 15.1. The number of aliphatic carboxylic acids is 1. The summed E-state index contributed by atoms with van der Waals surface area (Å²) in [7, 11) is 6.60. The summed E-state index contributed by atoms with van der Waals surface area (Å²) in [5.74, 6) is 0.699. The summed E-state index contributed by atoms with van der Waals surface area (Å²) in [6.45, 7) is 1.16. The molecule has 1 unspecified atom stereocenters. The summed E-state index contributed by atoms with van der Waals surface area (Å²) in [6, 6.07) is 3.73. The number of ether oxygens (including phenoxy) is 3.